The fraction of sp³-hybridized carbons (Fsp3) is 0.222. The van der Waals surface area contributed by atoms with E-state index >= 15 is 0 Å². The summed E-state index contributed by atoms with van der Waals surface area (Å²) < 4.78 is 41.0. The van der Waals surface area contributed by atoms with Gasteiger partial charge in [-0.05, 0) is 29.8 Å². The SMILES string of the molecule is CN(C)C(=O)Cn1ccc2ncc(-c3ccc(F)c(C(F)F)c3)cc21. The highest BCUT2D eigenvalue weighted by atomic mass is 19.3. The highest BCUT2D eigenvalue weighted by molar-refractivity contribution is 5.84. The lowest BCUT2D eigenvalue weighted by Crippen LogP contribution is -2.25. The zero-order valence-electron chi connectivity index (χ0n) is 13.7. The van der Waals surface area contributed by atoms with Gasteiger partial charge in [-0.2, -0.15) is 0 Å². The first-order valence-electron chi connectivity index (χ1n) is 7.60. The summed E-state index contributed by atoms with van der Waals surface area (Å²) in [5.41, 5.74) is 1.77. The summed E-state index contributed by atoms with van der Waals surface area (Å²) in [6.07, 6.45) is 0.402. The van der Waals surface area contributed by atoms with Crippen molar-refractivity contribution in [1.29, 1.82) is 0 Å². The summed E-state index contributed by atoms with van der Waals surface area (Å²) >= 11 is 0. The summed E-state index contributed by atoms with van der Waals surface area (Å²) in [4.78, 5) is 17.7. The van der Waals surface area contributed by atoms with Crippen molar-refractivity contribution in [2.75, 3.05) is 14.1 Å². The van der Waals surface area contributed by atoms with Gasteiger partial charge in [0.2, 0.25) is 5.91 Å². The summed E-state index contributed by atoms with van der Waals surface area (Å²) in [5, 5.41) is 0. The van der Waals surface area contributed by atoms with Gasteiger partial charge in [0.1, 0.15) is 12.4 Å². The second-order valence-electron chi connectivity index (χ2n) is 5.90. The molecule has 0 radical (unpaired) electrons. The maximum atomic E-state index is 13.5. The van der Waals surface area contributed by atoms with Crippen molar-refractivity contribution in [1.82, 2.24) is 14.5 Å². The largest absolute Gasteiger partial charge is 0.347 e. The second kappa shape index (κ2) is 6.58. The molecule has 7 heteroatoms. The molecule has 0 saturated heterocycles. The van der Waals surface area contributed by atoms with Gasteiger partial charge in [0.15, 0.2) is 0 Å². The Morgan fingerprint density at radius 1 is 1.20 bits per heavy atom. The van der Waals surface area contributed by atoms with Gasteiger partial charge in [-0.15, -0.1) is 0 Å². The van der Waals surface area contributed by atoms with Crippen LogP contribution in [0.5, 0.6) is 0 Å². The van der Waals surface area contributed by atoms with Gasteiger partial charge in [0, 0.05) is 32.1 Å². The Kier molecular flexibility index (Phi) is 4.48. The van der Waals surface area contributed by atoms with Crippen molar-refractivity contribution in [2.24, 2.45) is 0 Å². The Balaban J connectivity index is 2.04. The number of amides is 1. The second-order valence-corrected chi connectivity index (χ2v) is 5.90. The fourth-order valence-electron chi connectivity index (χ4n) is 2.54. The van der Waals surface area contributed by atoms with E-state index in [1.54, 1.807) is 43.2 Å². The predicted molar refractivity (Wildman–Crippen MR) is 88.8 cm³/mol. The number of likely N-dealkylation sites (N-methyl/N-ethyl adjacent to an activating group) is 1. The third-order valence-corrected chi connectivity index (χ3v) is 3.99. The van der Waals surface area contributed by atoms with Crippen LogP contribution >= 0.6 is 0 Å². The topological polar surface area (TPSA) is 38.1 Å². The maximum Gasteiger partial charge on any atom is 0.266 e. The van der Waals surface area contributed by atoms with Crippen LogP contribution in [-0.2, 0) is 11.3 Å². The number of alkyl halides is 2. The lowest BCUT2D eigenvalue weighted by molar-refractivity contribution is -0.129. The highest BCUT2D eigenvalue weighted by Crippen LogP contribution is 2.29. The van der Waals surface area contributed by atoms with Crippen LogP contribution in [0.1, 0.15) is 12.0 Å². The highest BCUT2D eigenvalue weighted by Gasteiger charge is 2.15. The van der Waals surface area contributed by atoms with E-state index in [4.69, 9.17) is 0 Å². The van der Waals surface area contributed by atoms with Crippen molar-refractivity contribution in [3.63, 3.8) is 0 Å². The Labute approximate surface area is 142 Å². The van der Waals surface area contributed by atoms with Crippen molar-refractivity contribution >= 4 is 16.9 Å². The number of pyridine rings is 1. The van der Waals surface area contributed by atoms with E-state index in [0.29, 0.717) is 22.2 Å². The molecule has 0 atom stereocenters. The summed E-state index contributed by atoms with van der Waals surface area (Å²) in [7, 11) is 3.34. The van der Waals surface area contributed by atoms with Gasteiger partial charge >= 0.3 is 0 Å². The predicted octanol–water partition coefficient (Wildman–Crippen LogP) is 3.87. The third-order valence-electron chi connectivity index (χ3n) is 3.99. The number of aromatic nitrogens is 2. The molecule has 0 aliphatic rings. The van der Waals surface area contributed by atoms with Gasteiger partial charge in [0.05, 0.1) is 16.6 Å². The number of hydrogen-bond donors (Lipinski definition) is 0. The van der Waals surface area contributed by atoms with Crippen LogP contribution < -0.4 is 0 Å². The Hall–Kier alpha value is -2.83. The molecule has 1 amide bonds. The molecule has 0 unspecified atom stereocenters. The van der Waals surface area contributed by atoms with E-state index in [0.717, 1.165) is 12.1 Å². The summed E-state index contributed by atoms with van der Waals surface area (Å²) in [5.74, 6) is -1.02. The van der Waals surface area contributed by atoms with Gasteiger partial charge in [-0.25, -0.2) is 13.2 Å². The lowest BCUT2D eigenvalue weighted by atomic mass is 10.0. The van der Waals surface area contributed by atoms with Crippen LogP contribution in [-0.4, -0.2) is 34.5 Å². The first-order valence-corrected chi connectivity index (χ1v) is 7.60. The molecule has 2 heterocycles. The molecule has 4 nitrogen and oxygen atoms in total. The number of hydrogen-bond acceptors (Lipinski definition) is 2. The van der Waals surface area contributed by atoms with Crippen LogP contribution in [0.4, 0.5) is 13.2 Å². The molecule has 2 aromatic heterocycles. The minimum absolute atomic E-state index is 0.0790. The van der Waals surface area contributed by atoms with E-state index in [1.807, 2.05) is 0 Å². The molecular weight excluding hydrogens is 331 g/mol. The molecule has 3 rings (SSSR count). The maximum absolute atomic E-state index is 13.5. The van der Waals surface area contributed by atoms with Crippen molar-refractivity contribution in [3.05, 3.63) is 54.1 Å². The number of benzene rings is 1. The Morgan fingerprint density at radius 3 is 2.64 bits per heavy atom. The average Bonchev–Trinajstić information content (AvgIpc) is 2.97. The number of rotatable bonds is 4. The van der Waals surface area contributed by atoms with Crippen LogP contribution in [0.3, 0.4) is 0 Å². The molecule has 0 aliphatic heterocycles. The van der Waals surface area contributed by atoms with Crippen molar-refractivity contribution in [2.45, 2.75) is 13.0 Å². The molecular formula is C18H16F3N3O. The molecule has 0 bridgehead atoms. The standard InChI is InChI=1S/C18H16F3N3O/c1-23(2)17(25)10-24-6-5-15-16(24)8-12(9-22-15)11-3-4-14(19)13(7-11)18(20)21/h3-9,18H,10H2,1-2H3. The number of carbonyl (C=O) groups is 1. The third kappa shape index (κ3) is 3.35. The molecule has 3 aromatic rings. The van der Waals surface area contributed by atoms with Crippen LogP contribution in [0.25, 0.3) is 22.2 Å². The molecule has 0 aliphatic carbocycles. The molecule has 0 saturated carbocycles. The van der Waals surface area contributed by atoms with Gasteiger partial charge in [0.25, 0.3) is 6.43 Å². The Morgan fingerprint density at radius 2 is 1.96 bits per heavy atom. The number of halogens is 3. The fourth-order valence-corrected chi connectivity index (χ4v) is 2.54. The molecule has 25 heavy (non-hydrogen) atoms. The van der Waals surface area contributed by atoms with Crippen LogP contribution in [0.15, 0.2) is 42.7 Å². The van der Waals surface area contributed by atoms with Crippen molar-refractivity contribution in [3.8, 4) is 11.1 Å². The minimum atomic E-state index is -2.89. The molecule has 0 spiro atoms. The van der Waals surface area contributed by atoms with E-state index in [1.165, 1.54) is 11.0 Å². The zero-order chi connectivity index (χ0) is 18.1. The smallest absolute Gasteiger partial charge is 0.266 e. The van der Waals surface area contributed by atoms with E-state index < -0.39 is 17.8 Å². The van der Waals surface area contributed by atoms with Gasteiger partial charge < -0.3 is 9.47 Å². The van der Waals surface area contributed by atoms with E-state index in [-0.39, 0.29) is 12.5 Å². The Bertz CT molecular complexity index is 934. The summed E-state index contributed by atoms with van der Waals surface area (Å²) in [6.45, 7) is 0.146. The number of nitrogens with zero attached hydrogens (tertiary/aromatic N) is 3. The monoisotopic (exact) mass is 347 g/mol. The molecule has 1 aromatic carbocycles. The minimum Gasteiger partial charge on any atom is -0.347 e. The quantitative estimate of drug-likeness (QED) is 0.719. The summed E-state index contributed by atoms with van der Waals surface area (Å²) in [6, 6.07) is 7.12. The lowest BCUT2D eigenvalue weighted by Gasteiger charge is -2.12. The van der Waals surface area contributed by atoms with Crippen LogP contribution in [0, 0.1) is 5.82 Å². The molecule has 0 N–H and O–H groups in total. The number of carbonyl (C=O) groups excluding carboxylic acids is 1. The number of fused-ring (bicyclic) bond motifs is 1. The normalized spacial score (nSPS) is 11.3. The first kappa shape index (κ1) is 17.0. The van der Waals surface area contributed by atoms with Crippen LogP contribution in [0.2, 0.25) is 0 Å². The molecule has 0 fully saturated rings. The first-order chi connectivity index (χ1) is 11.9. The van der Waals surface area contributed by atoms with E-state index in [2.05, 4.69) is 4.98 Å². The van der Waals surface area contributed by atoms with Gasteiger partial charge in [-0.3, -0.25) is 9.78 Å². The zero-order valence-corrected chi connectivity index (χ0v) is 13.7. The van der Waals surface area contributed by atoms with E-state index in [9.17, 15) is 18.0 Å². The average molecular weight is 347 g/mol. The molecule has 130 valence electrons. The van der Waals surface area contributed by atoms with Crippen molar-refractivity contribution < 1.29 is 18.0 Å². The van der Waals surface area contributed by atoms with Gasteiger partial charge in [-0.1, -0.05) is 6.07 Å².